The number of hydrogen-bond acceptors (Lipinski definition) is 3. The number of anilines is 1. The molecule has 1 aliphatic rings. The first-order valence-electron chi connectivity index (χ1n) is 7.84. The van der Waals surface area contributed by atoms with Gasteiger partial charge in [-0.2, -0.15) is 0 Å². The van der Waals surface area contributed by atoms with Gasteiger partial charge in [0.1, 0.15) is 5.69 Å². The largest absolute Gasteiger partial charge is 0.345 e. The molecule has 0 atom stereocenters. The number of carbonyl (C=O) groups excluding carboxylic acids is 1. The van der Waals surface area contributed by atoms with E-state index in [0.29, 0.717) is 18.7 Å². The van der Waals surface area contributed by atoms with Gasteiger partial charge in [0.25, 0.3) is 5.91 Å². The van der Waals surface area contributed by atoms with Crippen molar-refractivity contribution in [2.75, 3.05) is 4.90 Å². The quantitative estimate of drug-likeness (QED) is 0.626. The minimum atomic E-state index is -0.204. The first kappa shape index (κ1) is 15.6. The summed E-state index contributed by atoms with van der Waals surface area (Å²) in [6, 6.07) is 16.3. The van der Waals surface area contributed by atoms with Crippen LogP contribution in [0.15, 0.2) is 66.0 Å². The molecule has 1 aromatic heterocycles. The standard InChI is InChI=1S/C19H14ClN3O2/c20-17-10-14(21-25)7-8-16(17)19(24)23-12-15-5-3-9-22(15)11-13-4-1-2-6-18(13)23/h1-10H,11-12H2. The van der Waals surface area contributed by atoms with E-state index in [-0.39, 0.29) is 16.6 Å². The van der Waals surface area contributed by atoms with Crippen LogP contribution in [0.5, 0.6) is 0 Å². The molecule has 2 aromatic carbocycles. The molecule has 2 heterocycles. The number of halogens is 1. The number of rotatable bonds is 2. The van der Waals surface area contributed by atoms with Crippen molar-refractivity contribution >= 4 is 28.9 Å². The van der Waals surface area contributed by atoms with E-state index in [1.54, 1.807) is 11.0 Å². The highest BCUT2D eigenvalue weighted by atomic mass is 35.5. The number of hydrogen-bond donors (Lipinski definition) is 0. The van der Waals surface area contributed by atoms with Gasteiger partial charge >= 0.3 is 0 Å². The molecule has 1 amide bonds. The maximum Gasteiger partial charge on any atom is 0.260 e. The van der Waals surface area contributed by atoms with E-state index in [0.717, 1.165) is 16.9 Å². The average Bonchev–Trinajstić information content (AvgIpc) is 3.00. The molecule has 0 unspecified atom stereocenters. The first-order valence-corrected chi connectivity index (χ1v) is 8.22. The molecule has 1 aliphatic heterocycles. The number of aromatic nitrogens is 1. The Labute approximate surface area is 149 Å². The molecule has 0 fully saturated rings. The van der Waals surface area contributed by atoms with Gasteiger partial charge in [0.05, 0.1) is 17.1 Å². The third-order valence-corrected chi connectivity index (χ3v) is 4.71. The predicted molar refractivity (Wildman–Crippen MR) is 97.4 cm³/mol. The van der Waals surface area contributed by atoms with Crippen LogP contribution in [0.2, 0.25) is 5.02 Å². The molecule has 0 aliphatic carbocycles. The molecule has 0 spiro atoms. The molecule has 4 rings (SSSR count). The average molecular weight is 352 g/mol. The highest BCUT2D eigenvalue weighted by Crippen LogP contribution is 2.31. The van der Waals surface area contributed by atoms with Gasteiger partial charge in [-0.3, -0.25) is 4.79 Å². The Hall–Kier alpha value is -2.92. The van der Waals surface area contributed by atoms with Gasteiger partial charge < -0.3 is 9.47 Å². The Morgan fingerprint density at radius 2 is 1.88 bits per heavy atom. The third kappa shape index (κ3) is 2.72. The van der Waals surface area contributed by atoms with Gasteiger partial charge in [-0.1, -0.05) is 29.8 Å². The summed E-state index contributed by atoms with van der Waals surface area (Å²) in [5.74, 6) is -0.204. The summed E-state index contributed by atoms with van der Waals surface area (Å²) >= 11 is 6.22. The van der Waals surface area contributed by atoms with Gasteiger partial charge in [-0.05, 0) is 47.1 Å². The maximum atomic E-state index is 13.2. The van der Waals surface area contributed by atoms with E-state index >= 15 is 0 Å². The van der Waals surface area contributed by atoms with Crippen LogP contribution in [0, 0.1) is 4.91 Å². The van der Waals surface area contributed by atoms with Gasteiger partial charge in [-0.15, -0.1) is 4.91 Å². The summed E-state index contributed by atoms with van der Waals surface area (Å²) in [6.45, 7) is 1.16. The SMILES string of the molecule is O=Nc1ccc(C(=O)N2Cc3cccn3Cc3ccccc32)c(Cl)c1. The fourth-order valence-corrected chi connectivity index (χ4v) is 3.40. The van der Waals surface area contributed by atoms with Crippen LogP contribution >= 0.6 is 11.6 Å². The summed E-state index contributed by atoms with van der Waals surface area (Å²) in [4.78, 5) is 25.6. The van der Waals surface area contributed by atoms with Crippen LogP contribution in [-0.2, 0) is 13.1 Å². The molecule has 6 heteroatoms. The molecule has 124 valence electrons. The zero-order valence-corrected chi connectivity index (χ0v) is 14.0. The second-order valence-electron chi connectivity index (χ2n) is 5.90. The smallest absolute Gasteiger partial charge is 0.260 e. The second-order valence-corrected chi connectivity index (χ2v) is 6.31. The minimum Gasteiger partial charge on any atom is -0.345 e. The molecule has 0 radical (unpaired) electrons. The van der Waals surface area contributed by atoms with Crippen molar-refractivity contribution < 1.29 is 4.79 Å². The number of para-hydroxylation sites is 1. The van der Waals surface area contributed by atoms with Crippen LogP contribution in [0.4, 0.5) is 11.4 Å². The number of carbonyl (C=O) groups is 1. The summed E-state index contributed by atoms with van der Waals surface area (Å²) in [5.41, 5.74) is 3.53. The highest BCUT2D eigenvalue weighted by Gasteiger charge is 2.26. The van der Waals surface area contributed by atoms with Crippen molar-refractivity contribution in [3.8, 4) is 0 Å². The van der Waals surface area contributed by atoms with Crippen molar-refractivity contribution in [1.82, 2.24) is 4.57 Å². The number of amides is 1. The summed E-state index contributed by atoms with van der Waals surface area (Å²) in [7, 11) is 0. The van der Waals surface area contributed by atoms with E-state index in [1.807, 2.05) is 42.6 Å². The molecule has 25 heavy (non-hydrogen) atoms. The normalized spacial score (nSPS) is 12.9. The topological polar surface area (TPSA) is 54.7 Å². The van der Waals surface area contributed by atoms with E-state index in [4.69, 9.17) is 11.6 Å². The fourth-order valence-electron chi connectivity index (χ4n) is 3.15. The Bertz CT molecular complexity index is 980. The maximum absolute atomic E-state index is 13.2. The van der Waals surface area contributed by atoms with Crippen LogP contribution in [0.3, 0.4) is 0 Å². The van der Waals surface area contributed by atoms with Crippen molar-refractivity contribution in [3.05, 3.63) is 87.5 Å². The monoisotopic (exact) mass is 351 g/mol. The zero-order chi connectivity index (χ0) is 17.4. The van der Waals surface area contributed by atoms with Crippen LogP contribution in [0.25, 0.3) is 0 Å². The number of fused-ring (bicyclic) bond motifs is 2. The lowest BCUT2D eigenvalue weighted by molar-refractivity contribution is 0.0985. The van der Waals surface area contributed by atoms with E-state index in [2.05, 4.69) is 9.74 Å². The summed E-state index contributed by atoms with van der Waals surface area (Å²) in [6.07, 6.45) is 2.01. The van der Waals surface area contributed by atoms with Crippen LogP contribution in [-0.4, -0.2) is 10.5 Å². The molecule has 0 saturated heterocycles. The van der Waals surface area contributed by atoms with Crippen LogP contribution in [0.1, 0.15) is 21.6 Å². The van der Waals surface area contributed by atoms with Crippen molar-refractivity contribution in [3.63, 3.8) is 0 Å². The van der Waals surface area contributed by atoms with E-state index in [1.165, 1.54) is 12.1 Å². The lowest BCUT2D eigenvalue weighted by Crippen LogP contribution is -2.30. The van der Waals surface area contributed by atoms with Gasteiger partial charge in [0.15, 0.2) is 0 Å². The fraction of sp³-hybridized carbons (Fsp3) is 0.105. The first-order chi connectivity index (χ1) is 12.2. The molecular formula is C19H14ClN3O2. The third-order valence-electron chi connectivity index (χ3n) is 4.40. The molecule has 5 nitrogen and oxygen atoms in total. The van der Waals surface area contributed by atoms with Gasteiger partial charge in [0, 0.05) is 24.1 Å². The zero-order valence-electron chi connectivity index (χ0n) is 13.2. The Kier molecular flexibility index (Phi) is 3.86. The van der Waals surface area contributed by atoms with E-state index in [9.17, 15) is 9.70 Å². The Balaban J connectivity index is 1.81. The van der Waals surface area contributed by atoms with Crippen molar-refractivity contribution in [1.29, 1.82) is 0 Å². The molecular weight excluding hydrogens is 338 g/mol. The molecule has 3 aromatic rings. The summed E-state index contributed by atoms with van der Waals surface area (Å²) in [5, 5.41) is 3.08. The van der Waals surface area contributed by atoms with Crippen molar-refractivity contribution in [2.24, 2.45) is 5.18 Å². The number of benzene rings is 2. The highest BCUT2D eigenvalue weighted by molar-refractivity contribution is 6.34. The lowest BCUT2D eigenvalue weighted by atomic mass is 10.1. The second kappa shape index (κ2) is 6.18. The Morgan fingerprint density at radius 3 is 2.68 bits per heavy atom. The number of nitrogens with zero attached hydrogens (tertiary/aromatic N) is 3. The minimum absolute atomic E-state index is 0.201. The van der Waals surface area contributed by atoms with Crippen LogP contribution < -0.4 is 4.90 Å². The number of nitroso groups, excluding NO2 is 1. The van der Waals surface area contributed by atoms with Crippen molar-refractivity contribution in [2.45, 2.75) is 13.1 Å². The Morgan fingerprint density at radius 1 is 1.04 bits per heavy atom. The molecule has 0 saturated carbocycles. The summed E-state index contributed by atoms with van der Waals surface area (Å²) < 4.78 is 2.13. The van der Waals surface area contributed by atoms with Gasteiger partial charge in [0.2, 0.25) is 0 Å². The lowest BCUT2D eigenvalue weighted by Gasteiger charge is -2.23. The van der Waals surface area contributed by atoms with E-state index < -0.39 is 0 Å². The predicted octanol–water partition coefficient (Wildman–Crippen LogP) is 4.75. The molecule has 0 bridgehead atoms. The van der Waals surface area contributed by atoms with Gasteiger partial charge in [-0.25, -0.2) is 0 Å². The molecule has 0 N–H and O–H groups in total.